The molecule has 0 atom stereocenters. The van der Waals surface area contributed by atoms with Gasteiger partial charge in [0, 0.05) is 12.2 Å². The summed E-state index contributed by atoms with van der Waals surface area (Å²) in [6.45, 7) is 6.52. The van der Waals surface area contributed by atoms with Crippen LogP contribution >= 0.6 is 0 Å². The first-order valence-electron chi connectivity index (χ1n) is 6.71. The molecule has 0 amide bonds. The van der Waals surface area contributed by atoms with Crippen LogP contribution in [-0.4, -0.2) is 8.42 Å². The monoisotopic (exact) mass is 304 g/mol. The van der Waals surface area contributed by atoms with Gasteiger partial charge in [-0.25, -0.2) is 13.6 Å². The smallest absolute Gasteiger partial charge is 0.238 e. The molecule has 2 aromatic rings. The molecule has 0 aromatic heterocycles. The van der Waals surface area contributed by atoms with E-state index in [2.05, 4.69) is 37.4 Å². The van der Waals surface area contributed by atoms with E-state index in [0.717, 1.165) is 5.69 Å². The summed E-state index contributed by atoms with van der Waals surface area (Å²) in [5.74, 6) is 0. The molecule has 112 valence electrons. The summed E-state index contributed by atoms with van der Waals surface area (Å²) in [4.78, 5) is 0.160. The van der Waals surface area contributed by atoms with Gasteiger partial charge in [0.25, 0.3) is 0 Å². The van der Waals surface area contributed by atoms with Crippen LogP contribution in [0.1, 0.15) is 22.3 Å². The molecule has 0 unspecified atom stereocenters. The summed E-state index contributed by atoms with van der Waals surface area (Å²) in [5, 5.41) is 8.50. The summed E-state index contributed by atoms with van der Waals surface area (Å²) in [5.41, 5.74) is 5.04. The molecule has 0 spiro atoms. The number of aryl methyl sites for hydroxylation is 2. The van der Waals surface area contributed by atoms with Crippen LogP contribution in [0, 0.1) is 20.8 Å². The molecule has 21 heavy (non-hydrogen) atoms. The molecule has 5 heteroatoms. The zero-order valence-corrected chi connectivity index (χ0v) is 13.3. The number of hydrogen-bond donors (Lipinski definition) is 2. The highest BCUT2D eigenvalue weighted by atomic mass is 32.2. The first-order valence-corrected chi connectivity index (χ1v) is 8.26. The molecule has 3 N–H and O–H groups in total. The second kappa shape index (κ2) is 5.87. The lowest BCUT2D eigenvalue weighted by molar-refractivity contribution is 0.597. The van der Waals surface area contributed by atoms with Crippen molar-refractivity contribution in [2.45, 2.75) is 32.2 Å². The van der Waals surface area contributed by atoms with Gasteiger partial charge in [-0.2, -0.15) is 0 Å². The Bertz CT molecular complexity index is 768. The molecule has 0 saturated carbocycles. The Morgan fingerprint density at radius 1 is 1.10 bits per heavy atom. The lowest BCUT2D eigenvalue weighted by Crippen LogP contribution is -2.14. The van der Waals surface area contributed by atoms with Crippen LogP contribution in [0.3, 0.4) is 0 Å². The van der Waals surface area contributed by atoms with Crippen molar-refractivity contribution in [3.8, 4) is 0 Å². The Morgan fingerprint density at radius 3 is 2.43 bits per heavy atom. The largest absolute Gasteiger partial charge is 0.381 e. The maximum atomic E-state index is 11.5. The number of primary sulfonamides is 1. The quantitative estimate of drug-likeness (QED) is 0.912. The Balaban J connectivity index is 2.25. The zero-order valence-electron chi connectivity index (χ0n) is 12.5. The number of anilines is 1. The second-order valence-electron chi connectivity index (χ2n) is 5.26. The van der Waals surface area contributed by atoms with Gasteiger partial charge in [0.05, 0.1) is 4.90 Å². The maximum absolute atomic E-state index is 11.5. The maximum Gasteiger partial charge on any atom is 0.238 e. The molecule has 2 aromatic carbocycles. The molecular formula is C16H20N2O2S. The summed E-state index contributed by atoms with van der Waals surface area (Å²) < 4.78 is 23.0. The first kappa shape index (κ1) is 15.5. The Labute approximate surface area is 126 Å². The predicted molar refractivity (Wildman–Crippen MR) is 85.8 cm³/mol. The van der Waals surface area contributed by atoms with Crippen LogP contribution in [0.25, 0.3) is 0 Å². The van der Waals surface area contributed by atoms with E-state index in [9.17, 15) is 8.42 Å². The molecule has 0 radical (unpaired) electrons. The van der Waals surface area contributed by atoms with Crippen molar-refractivity contribution in [2.24, 2.45) is 5.14 Å². The van der Waals surface area contributed by atoms with Crippen LogP contribution < -0.4 is 10.5 Å². The molecular weight excluding hydrogens is 284 g/mol. The van der Waals surface area contributed by atoms with Gasteiger partial charge >= 0.3 is 0 Å². The average Bonchev–Trinajstić information content (AvgIpc) is 2.38. The van der Waals surface area contributed by atoms with Crippen LogP contribution in [0.15, 0.2) is 41.3 Å². The third-order valence-corrected chi connectivity index (χ3v) is 4.61. The highest BCUT2D eigenvalue weighted by Gasteiger charge is 2.13. The fraction of sp³-hybridized carbons (Fsp3) is 0.250. The first-order chi connectivity index (χ1) is 9.79. The molecule has 2 rings (SSSR count). The highest BCUT2D eigenvalue weighted by Crippen LogP contribution is 2.23. The summed E-state index contributed by atoms with van der Waals surface area (Å²) in [6, 6.07) is 11.3. The van der Waals surface area contributed by atoms with Crippen molar-refractivity contribution in [2.75, 3.05) is 5.32 Å². The minimum absolute atomic E-state index is 0.160. The second-order valence-corrected chi connectivity index (χ2v) is 6.79. The van der Waals surface area contributed by atoms with Crippen LogP contribution in [-0.2, 0) is 16.6 Å². The molecule has 4 nitrogen and oxygen atoms in total. The molecule has 0 fully saturated rings. The SMILES string of the molecule is Cc1ccc(CNc2cccc(S(N)(=O)=O)c2C)c(C)c1. The van der Waals surface area contributed by atoms with E-state index in [-0.39, 0.29) is 4.90 Å². The normalized spacial score (nSPS) is 11.4. The molecule has 0 aliphatic carbocycles. The number of nitrogens with two attached hydrogens (primary N) is 1. The van der Waals surface area contributed by atoms with Crippen molar-refractivity contribution in [3.05, 3.63) is 58.7 Å². The topological polar surface area (TPSA) is 72.2 Å². The number of rotatable bonds is 4. The van der Waals surface area contributed by atoms with E-state index in [1.165, 1.54) is 22.8 Å². The molecule has 0 saturated heterocycles. The predicted octanol–water partition coefficient (Wildman–Crippen LogP) is 2.87. The lowest BCUT2D eigenvalue weighted by atomic mass is 10.1. The number of sulfonamides is 1. The zero-order chi connectivity index (χ0) is 15.6. The Kier molecular flexibility index (Phi) is 4.34. The van der Waals surface area contributed by atoms with Gasteiger partial charge in [0.15, 0.2) is 0 Å². The van der Waals surface area contributed by atoms with Gasteiger partial charge in [-0.1, -0.05) is 29.8 Å². The van der Waals surface area contributed by atoms with Gasteiger partial charge in [0.1, 0.15) is 0 Å². The van der Waals surface area contributed by atoms with Gasteiger partial charge in [-0.05, 0) is 49.6 Å². The molecule has 0 bridgehead atoms. The standard InChI is InChI=1S/C16H20N2O2S/c1-11-7-8-14(12(2)9-11)10-18-15-5-4-6-16(13(15)3)21(17,19)20/h4-9,18H,10H2,1-3H3,(H2,17,19,20). The van der Waals surface area contributed by atoms with Gasteiger partial charge in [0.2, 0.25) is 10.0 Å². The van der Waals surface area contributed by atoms with Crippen LogP contribution in [0.4, 0.5) is 5.69 Å². The van der Waals surface area contributed by atoms with E-state index in [0.29, 0.717) is 12.1 Å². The number of nitrogens with one attached hydrogen (secondary N) is 1. The third kappa shape index (κ3) is 3.62. The van der Waals surface area contributed by atoms with E-state index in [1.54, 1.807) is 13.0 Å². The average molecular weight is 304 g/mol. The fourth-order valence-corrected chi connectivity index (χ4v) is 3.15. The minimum atomic E-state index is -3.69. The lowest BCUT2D eigenvalue weighted by Gasteiger charge is -2.14. The Morgan fingerprint density at radius 2 is 1.81 bits per heavy atom. The van der Waals surface area contributed by atoms with Gasteiger partial charge in [-0.3, -0.25) is 0 Å². The van der Waals surface area contributed by atoms with Crippen molar-refractivity contribution >= 4 is 15.7 Å². The minimum Gasteiger partial charge on any atom is -0.381 e. The number of hydrogen-bond acceptors (Lipinski definition) is 3. The van der Waals surface area contributed by atoms with Gasteiger partial charge < -0.3 is 5.32 Å². The van der Waals surface area contributed by atoms with Crippen molar-refractivity contribution in [3.63, 3.8) is 0 Å². The molecule has 0 aliphatic heterocycles. The van der Waals surface area contributed by atoms with E-state index in [1.807, 2.05) is 6.07 Å². The summed E-state index contributed by atoms with van der Waals surface area (Å²) >= 11 is 0. The van der Waals surface area contributed by atoms with E-state index < -0.39 is 10.0 Å². The van der Waals surface area contributed by atoms with Crippen molar-refractivity contribution in [1.29, 1.82) is 0 Å². The highest BCUT2D eigenvalue weighted by molar-refractivity contribution is 7.89. The van der Waals surface area contributed by atoms with Gasteiger partial charge in [-0.15, -0.1) is 0 Å². The van der Waals surface area contributed by atoms with Crippen molar-refractivity contribution < 1.29 is 8.42 Å². The molecule has 0 aliphatic rings. The summed E-state index contributed by atoms with van der Waals surface area (Å²) in [6.07, 6.45) is 0. The van der Waals surface area contributed by atoms with Crippen LogP contribution in [0.2, 0.25) is 0 Å². The third-order valence-electron chi connectivity index (χ3n) is 3.56. The van der Waals surface area contributed by atoms with E-state index in [4.69, 9.17) is 5.14 Å². The molecule has 0 heterocycles. The summed E-state index contributed by atoms with van der Waals surface area (Å²) in [7, 11) is -3.69. The van der Waals surface area contributed by atoms with Crippen LogP contribution in [0.5, 0.6) is 0 Å². The fourth-order valence-electron chi connectivity index (χ4n) is 2.35. The Hall–Kier alpha value is -1.85. The van der Waals surface area contributed by atoms with Crippen molar-refractivity contribution in [1.82, 2.24) is 0 Å². The number of benzene rings is 2. The van der Waals surface area contributed by atoms with E-state index >= 15 is 0 Å².